The molecule has 1 aromatic carbocycles. The number of likely N-dealkylation sites (tertiary alicyclic amines) is 1. The third kappa shape index (κ3) is 3.57. The standard InChI is InChI=1S/C19H24N4O2/c1-20-18(25)19(23-14-6-12-21-23)11-5-13-22(15-19)17(24)10-9-16-7-3-2-4-8-16/h2-4,6-8,12,14H,5,9-11,13,15H2,1H3,(H,20,25). The van der Waals surface area contributed by atoms with E-state index in [2.05, 4.69) is 10.4 Å². The fourth-order valence-corrected chi connectivity index (χ4v) is 3.53. The number of aryl methyl sites for hydroxylation is 1. The van der Waals surface area contributed by atoms with E-state index in [9.17, 15) is 9.59 Å². The van der Waals surface area contributed by atoms with Crippen molar-refractivity contribution < 1.29 is 9.59 Å². The van der Waals surface area contributed by atoms with E-state index in [0.717, 1.165) is 12.0 Å². The van der Waals surface area contributed by atoms with Crippen LogP contribution >= 0.6 is 0 Å². The van der Waals surface area contributed by atoms with Gasteiger partial charge in [0.1, 0.15) is 0 Å². The summed E-state index contributed by atoms with van der Waals surface area (Å²) in [7, 11) is 1.63. The predicted molar refractivity (Wildman–Crippen MR) is 94.8 cm³/mol. The van der Waals surface area contributed by atoms with Crippen molar-refractivity contribution in [3.05, 3.63) is 54.4 Å². The van der Waals surface area contributed by atoms with Crippen LogP contribution < -0.4 is 5.32 Å². The second kappa shape index (κ2) is 7.51. The number of hydrogen-bond donors (Lipinski definition) is 1. The third-order valence-electron chi connectivity index (χ3n) is 4.89. The monoisotopic (exact) mass is 340 g/mol. The summed E-state index contributed by atoms with van der Waals surface area (Å²) >= 11 is 0. The van der Waals surface area contributed by atoms with Crippen LogP contribution in [-0.4, -0.2) is 46.6 Å². The quantitative estimate of drug-likeness (QED) is 0.899. The summed E-state index contributed by atoms with van der Waals surface area (Å²) in [4.78, 5) is 27.1. The second-order valence-electron chi connectivity index (χ2n) is 6.47. The Morgan fingerprint density at radius 1 is 1.24 bits per heavy atom. The predicted octanol–water partition coefficient (Wildman–Crippen LogP) is 1.58. The highest BCUT2D eigenvalue weighted by Gasteiger charge is 2.45. The van der Waals surface area contributed by atoms with Crippen LogP contribution in [0.2, 0.25) is 0 Å². The number of carbonyl (C=O) groups excluding carboxylic acids is 2. The van der Waals surface area contributed by atoms with Gasteiger partial charge in [0, 0.05) is 32.4 Å². The Balaban J connectivity index is 1.72. The summed E-state index contributed by atoms with van der Waals surface area (Å²) in [5.41, 5.74) is 0.330. The minimum absolute atomic E-state index is 0.0870. The molecule has 6 heteroatoms. The Morgan fingerprint density at radius 3 is 2.72 bits per heavy atom. The number of piperidine rings is 1. The Hall–Kier alpha value is -2.63. The number of hydrogen-bond acceptors (Lipinski definition) is 3. The number of aromatic nitrogens is 2. The molecule has 1 atom stereocenters. The zero-order valence-corrected chi connectivity index (χ0v) is 14.5. The van der Waals surface area contributed by atoms with E-state index in [1.54, 1.807) is 30.2 Å². The maximum atomic E-state index is 12.7. The summed E-state index contributed by atoms with van der Waals surface area (Å²) in [6.45, 7) is 1.05. The molecular weight excluding hydrogens is 316 g/mol. The van der Waals surface area contributed by atoms with Crippen molar-refractivity contribution >= 4 is 11.8 Å². The van der Waals surface area contributed by atoms with E-state index in [4.69, 9.17) is 0 Å². The van der Waals surface area contributed by atoms with E-state index in [-0.39, 0.29) is 11.8 Å². The number of likely N-dealkylation sites (N-methyl/N-ethyl adjacent to an activating group) is 1. The Labute approximate surface area is 147 Å². The van der Waals surface area contributed by atoms with Crippen molar-refractivity contribution in [2.75, 3.05) is 20.1 Å². The zero-order valence-electron chi connectivity index (χ0n) is 14.5. The van der Waals surface area contributed by atoms with Crippen molar-refractivity contribution in [1.82, 2.24) is 20.0 Å². The molecule has 2 aromatic rings. The summed E-state index contributed by atoms with van der Waals surface area (Å²) in [6.07, 6.45) is 6.09. The first kappa shape index (κ1) is 17.2. The molecule has 1 aliphatic heterocycles. The molecule has 0 bridgehead atoms. The molecule has 3 rings (SSSR count). The molecule has 1 unspecified atom stereocenters. The molecule has 0 aliphatic carbocycles. The first-order valence-electron chi connectivity index (χ1n) is 8.70. The van der Waals surface area contributed by atoms with Crippen LogP contribution in [0.5, 0.6) is 0 Å². The maximum absolute atomic E-state index is 12.7. The van der Waals surface area contributed by atoms with Gasteiger partial charge in [0.05, 0.1) is 6.54 Å². The molecule has 132 valence electrons. The van der Waals surface area contributed by atoms with Gasteiger partial charge in [-0.25, -0.2) is 0 Å². The van der Waals surface area contributed by atoms with Crippen molar-refractivity contribution in [1.29, 1.82) is 0 Å². The first-order chi connectivity index (χ1) is 12.2. The Morgan fingerprint density at radius 2 is 2.04 bits per heavy atom. The van der Waals surface area contributed by atoms with Gasteiger partial charge in [-0.15, -0.1) is 0 Å². The number of rotatable bonds is 5. The van der Waals surface area contributed by atoms with Crippen LogP contribution in [-0.2, 0) is 21.5 Å². The highest BCUT2D eigenvalue weighted by atomic mass is 16.2. The SMILES string of the molecule is CNC(=O)C1(n2cccn2)CCCN(C(=O)CCc2ccccc2)C1. The molecule has 1 saturated heterocycles. The molecule has 2 amide bonds. The summed E-state index contributed by atoms with van der Waals surface area (Å²) in [5, 5.41) is 7.03. The molecular formula is C19H24N4O2. The second-order valence-corrected chi connectivity index (χ2v) is 6.47. The van der Waals surface area contributed by atoms with E-state index in [1.165, 1.54) is 0 Å². The third-order valence-corrected chi connectivity index (χ3v) is 4.89. The molecule has 0 radical (unpaired) electrons. The highest BCUT2D eigenvalue weighted by Crippen LogP contribution is 2.29. The maximum Gasteiger partial charge on any atom is 0.249 e. The van der Waals surface area contributed by atoms with Crippen molar-refractivity contribution in [2.45, 2.75) is 31.2 Å². The number of nitrogens with one attached hydrogen (secondary N) is 1. The van der Waals surface area contributed by atoms with Gasteiger partial charge in [0.2, 0.25) is 11.8 Å². The molecule has 2 heterocycles. The van der Waals surface area contributed by atoms with Crippen LogP contribution in [0.1, 0.15) is 24.8 Å². The van der Waals surface area contributed by atoms with Gasteiger partial charge >= 0.3 is 0 Å². The average Bonchev–Trinajstić information content (AvgIpc) is 3.21. The van der Waals surface area contributed by atoms with Gasteiger partial charge in [-0.05, 0) is 30.9 Å². The van der Waals surface area contributed by atoms with Gasteiger partial charge in [0.25, 0.3) is 0 Å². The molecule has 1 N–H and O–H groups in total. The Bertz CT molecular complexity index is 714. The lowest BCUT2D eigenvalue weighted by atomic mass is 9.87. The molecule has 1 aliphatic rings. The summed E-state index contributed by atoms with van der Waals surface area (Å²) in [6, 6.07) is 11.8. The van der Waals surface area contributed by atoms with Gasteiger partial charge in [-0.3, -0.25) is 14.3 Å². The number of nitrogens with zero attached hydrogens (tertiary/aromatic N) is 3. The number of amides is 2. The lowest BCUT2D eigenvalue weighted by Crippen LogP contribution is -2.59. The van der Waals surface area contributed by atoms with E-state index >= 15 is 0 Å². The van der Waals surface area contributed by atoms with Crippen molar-refractivity contribution in [3.8, 4) is 0 Å². The molecule has 6 nitrogen and oxygen atoms in total. The van der Waals surface area contributed by atoms with E-state index in [0.29, 0.717) is 32.4 Å². The molecule has 0 saturated carbocycles. The Kier molecular flexibility index (Phi) is 5.16. The van der Waals surface area contributed by atoms with Gasteiger partial charge in [-0.1, -0.05) is 30.3 Å². The smallest absolute Gasteiger partial charge is 0.249 e. The first-order valence-corrected chi connectivity index (χ1v) is 8.70. The fraction of sp³-hybridized carbons (Fsp3) is 0.421. The topological polar surface area (TPSA) is 67.2 Å². The normalized spacial score (nSPS) is 20.3. The zero-order chi connectivity index (χ0) is 17.7. The molecule has 25 heavy (non-hydrogen) atoms. The van der Waals surface area contributed by atoms with Crippen LogP contribution in [0.15, 0.2) is 48.8 Å². The van der Waals surface area contributed by atoms with Gasteiger partial charge in [-0.2, -0.15) is 5.10 Å². The van der Waals surface area contributed by atoms with Gasteiger partial charge < -0.3 is 10.2 Å². The fourth-order valence-electron chi connectivity index (χ4n) is 3.53. The minimum atomic E-state index is -0.821. The van der Waals surface area contributed by atoms with Crippen molar-refractivity contribution in [2.24, 2.45) is 0 Å². The minimum Gasteiger partial charge on any atom is -0.357 e. The number of benzene rings is 1. The van der Waals surface area contributed by atoms with Crippen LogP contribution in [0.3, 0.4) is 0 Å². The van der Waals surface area contributed by atoms with Crippen LogP contribution in [0, 0.1) is 0 Å². The van der Waals surface area contributed by atoms with E-state index in [1.807, 2.05) is 35.2 Å². The van der Waals surface area contributed by atoms with Crippen LogP contribution in [0.4, 0.5) is 0 Å². The number of carbonyl (C=O) groups is 2. The molecule has 1 fully saturated rings. The lowest BCUT2D eigenvalue weighted by Gasteiger charge is -2.41. The largest absolute Gasteiger partial charge is 0.357 e. The van der Waals surface area contributed by atoms with Gasteiger partial charge in [0.15, 0.2) is 5.54 Å². The van der Waals surface area contributed by atoms with Crippen molar-refractivity contribution in [3.63, 3.8) is 0 Å². The summed E-state index contributed by atoms with van der Waals surface area (Å²) in [5.74, 6) is -0.0132. The van der Waals surface area contributed by atoms with Crippen LogP contribution in [0.25, 0.3) is 0 Å². The van der Waals surface area contributed by atoms with E-state index < -0.39 is 5.54 Å². The molecule has 1 aromatic heterocycles. The lowest BCUT2D eigenvalue weighted by molar-refractivity contribution is -0.140. The molecule has 0 spiro atoms. The summed E-state index contributed by atoms with van der Waals surface area (Å²) < 4.78 is 1.70. The average molecular weight is 340 g/mol. The highest BCUT2D eigenvalue weighted by molar-refractivity contribution is 5.86.